The number of nitrogens with zero attached hydrogens (tertiary/aromatic N) is 2. The molecule has 0 aromatic carbocycles. The number of nitrogens with one attached hydrogen (secondary N) is 1. The average molecular weight is 326 g/mol. The van der Waals surface area contributed by atoms with Gasteiger partial charge in [0.15, 0.2) is 0 Å². The molecule has 0 radical (unpaired) electrons. The summed E-state index contributed by atoms with van der Waals surface area (Å²) in [5.41, 5.74) is 0.955. The minimum Gasteiger partial charge on any atom is -0.306 e. The Hall–Kier alpha value is -1.98. The van der Waals surface area contributed by atoms with Crippen molar-refractivity contribution in [3.8, 4) is 0 Å². The molecule has 1 amide bonds. The molecule has 4 nitrogen and oxygen atoms in total. The monoisotopic (exact) mass is 325 g/mol. The molecule has 7 heteroatoms. The number of amides is 1. The van der Waals surface area contributed by atoms with Gasteiger partial charge in [-0.3, -0.25) is 4.79 Å². The van der Waals surface area contributed by atoms with E-state index in [1.54, 1.807) is 12.1 Å². The third-order valence-corrected chi connectivity index (χ3v) is 2.91. The molecule has 0 spiro atoms. The summed E-state index contributed by atoms with van der Waals surface area (Å²) in [5, 5.41) is 2.91. The molecule has 0 fully saturated rings. The second kappa shape index (κ2) is 6.65. The van der Waals surface area contributed by atoms with Crippen molar-refractivity contribution in [2.75, 3.05) is 5.32 Å². The standard InChI is InChI=1S/C14H10Cl2FN3O/c1-8(15)18-7-6-9(17)2-3-11-10-4-5-12(16)19-13(10)20-14(11)21/h3-7H,1-2H2,(H,19,20,21)/b9-6-,11-3+,18-7-. The van der Waals surface area contributed by atoms with Gasteiger partial charge in [-0.2, -0.15) is 0 Å². The quantitative estimate of drug-likeness (QED) is 0.392. The van der Waals surface area contributed by atoms with Gasteiger partial charge in [-0.25, -0.2) is 14.4 Å². The number of anilines is 1. The molecule has 0 atom stereocenters. The van der Waals surface area contributed by atoms with E-state index in [-0.39, 0.29) is 22.6 Å². The highest BCUT2D eigenvalue weighted by Gasteiger charge is 2.25. The number of rotatable bonds is 4. The molecule has 1 N–H and O–H groups in total. The van der Waals surface area contributed by atoms with Crippen LogP contribution in [0, 0.1) is 0 Å². The Morgan fingerprint density at radius 3 is 3.00 bits per heavy atom. The van der Waals surface area contributed by atoms with Gasteiger partial charge in [0.25, 0.3) is 5.91 Å². The summed E-state index contributed by atoms with van der Waals surface area (Å²) < 4.78 is 13.6. The Morgan fingerprint density at radius 2 is 2.29 bits per heavy atom. The van der Waals surface area contributed by atoms with Gasteiger partial charge < -0.3 is 5.32 Å². The average Bonchev–Trinajstić information content (AvgIpc) is 2.70. The lowest BCUT2D eigenvalue weighted by atomic mass is 10.1. The zero-order chi connectivity index (χ0) is 15.4. The van der Waals surface area contributed by atoms with Crippen LogP contribution < -0.4 is 5.32 Å². The van der Waals surface area contributed by atoms with Crippen LogP contribution in [0.15, 0.2) is 46.8 Å². The van der Waals surface area contributed by atoms with Crippen molar-refractivity contribution < 1.29 is 9.18 Å². The van der Waals surface area contributed by atoms with Crippen molar-refractivity contribution in [3.63, 3.8) is 0 Å². The molecule has 1 aliphatic heterocycles. The van der Waals surface area contributed by atoms with Gasteiger partial charge in [0.2, 0.25) is 0 Å². The summed E-state index contributed by atoms with van der Waals surface area (Å²) >= 11 is 11.1. The number of pyridine rings is 1. The topological polar surface area (TPSA) is 54.4 Å². The zero-order valence-electron chi connectivity index (χ0n) is 10.7. The molecule has 0 saturated heterocycles. The first-order valence-electron chi connectivity index (χ1n) is 5.89. The third kappa shape index (κ3) is 4.00. The van der Waals surface area contributed by atoms with E-state index in [9.17, 15) is 9.18 Å². The number of halogens is 3. The number of aromatic nitrogens is 1. The SMILES string of the molecule is C=C(Cl)/N=C\C=C(/F)C/C=C1/C(=O)Nc2nc(Cl)ccc21. The minimum atomic E-state index is -0.465. The molecule has 0 unspecified atom stereocenters. The van der Waals surface area contributed by atoms with Crippen molar-refractivity contribution in [1.82, 2.24) is 4.98 Å². The first kappa shape index (κ1) is 15.4. The number of hydrogen-bond acceptors (Lipinski definition) is 3. The summed E-state index contributed by atoms with van der Waals surface area (Å²) in [6, 6.07) is 3.23. The molecular formula is C14H10Cl2FN3O. The molecule has 0 bridgehead atoms. The largest absolute Gasteiger partial charge is 0.306 e. The molecule has 2 heterocycles. The zero-order valence-corrected chi connectivity index (χ0v) is 12.2. The van der Waals surface area contributed by atoms with Gasteiger partial charge in [-0.1, -0.05) is 35.9 Å². The number of carbonyl (C=O) groups is 1. The fourth-order valence-corrected chi connectivity index (χ4v) is 1.92. The minimum absolute atomic E-state index is 0.0500. The smallest absolute Gasteiger partial charge is 0.257 e. The van der Waals surface area contributed by atoms with Crippen LogP contribution in [0.4, 0.5) is 10.2 Å². The van der Waals surface area contributed by atoms with E-state index in [0.29, 0.717) is 17.0 Å². The first-order chi connectivity index (χ1) is 9.97. The number of hydrogen-bond donors (Lipinski definition) is 1. The molecule has 1 aromatic rings. The van der Waals surface area contributed by atoms with Crippen molar-refractivity contribution in [1.29, 1.82) is 0 Å². The molecule has 2 rings (SSSR count). The highest BCUT2D eigenvalue weighted by Crippen LogP contribution is 2.31. The van der Waals surface area contributed by atoms with E-state index in [4.69, 9.17) is 23.2 Å². The van der Waals surface area contributed by atoms with Gasteiger partial charge in [0.05, 0.1) is 0 Å². The van der Waals surface area contributed by atoms with Gasteiger partial charge in [-0.05, 0) is 18.2 Å². The van der Waals surface area contributed by atoms with Crippen LogP contribution in [0.2, 0.25) is 5.15 Å². The number of aliphatic imine (C=N–C) groups is 1. The number of allylic oxidation sites excluding steroid dienone is 3. The van der Waals surface area contributed by atoms with Crippen molar-refractivity contribution >= 4 is 46.7 Å². The predicted octanol–water partition coefficient (Wildman–Crippen LogP) is 4.09. The van der Waals surface area contributed by atoms with Crippen LogP contribution >= 0.6 is 23.2 Å². The lowest BCUT2D eigenvalue weighted by molar-refractivity contribution is -0.110. The molecule has 1 aromatic heterocycles. The van der Waals surface area contributed by atoms with Crippen LogP contribution in [0.25, 0.3) is 5.57 Å². The fraction of sp³-hybridized carbons (Fsp3) is 0.0714. The summed E-state index contributed by atoms with van der Waals surface area (Å²) in [6.45, 7) is 3.34. The van der Waals surface area contributed by atoms with E-state index in [2.05, 4.69) is 21.9 Å². The lowest BCUT2D eigenvalue weighted by Gasteiger charge is -1.97. The first-order valence-corrected chi connectivity index (χ1v) is 6.64. The lowest BCUT2D eigenvalue weighted by Crippen LogP contribution is -2.04. The van der Waals surface area contributed by atoms with Gasteiger partial charge in [0, 0.05) is 23.8 Å². The Morgan fingerprint density at radius 1 is 1.52 bits per heavy atom. The molecule has 0 saturated carbocycles. The molecular weight excluding hydrogens is 316 g/mol. The van der Waals surface area contributed by atoms with Crippen LogP contribution in [-0.2, 0) is 4.79 Å². The maximum Gasteiger partial charge on any atom is 0.257 e. The highest BCUT2D eigenvalue weighted by molar-refractivity contribution is 6.33. The van der Waals surface area contributed by atoms with Crippen molar-refractivity contribution in [2.45, 2.75) is 6.42 Å². The number of fused-ring (bicyclic) bond motifs is 1. The van der Waals surface area contributed by atoms with Crippen LogP contribution in [-0.4, -0.2) is 17.1 Å². The molecule has 1 aliphatic rings. The molecule has 108 valence electrons. The highest BCUT2D eigenvalue weighted by atomic mass is 35.5. The Labute approximate surface area is 130 Å². The summed E-state index contributed by atoms with van der Waals surface area (Å²) in [6.07, 6.45) is 3.78. The maximum absolute atomic E-state index is 13.6. The fourth-order valence-electron chi connectivity index (χ4n) is 1.71. The van der Waals surface area contributed by atoms with E-state index >= 15 is 0 Å². The van der Waals surface area contributed by atoms with Crippen LogP contribution in [0.3, 0.4) is 0 Å². The third-order valence-electron chi connectivity index (χ3n) is 2.60. The Bertz CT molecular complexity index is 695. The van der Waals surface area contributed by atoms with Crippen LogP contribution in [0.1, 0.15) is 12.0 Å². The van der Waals surface area contributed by atoms with Crippen molar-refractivity contribution in [2.24, 2.45) is 4.99 Å². The van der Waals surface area contributed by atoms with E-state index < -0.39 is 5.83 Å². The summed E-state index contributed by atoms with van der Waals surface area (Å²) in [7, 11) is 0. The summed E-state index contributed by atoms with van der Waals surface area (Å²) in [4.78, 5) is 19.4. The molecule has 0 aliphatic carbocycles. The van der Waals surface area contributed by atoms with Gasteiger partial charge in [-0.15, -0.1) is 0 Å². The van der Waals surface area contributed by atoms with Crippen molar-refractivity contribution in [3.05, 3.63) is 52.6 Å². The molecule has 21 heavy (non-hydrogen) atoms. The number of carbonyl (C=O) groups excluding carboxylic acids is 1. The van der Waals surface area contributed by atoms with Gasteiger partial charge in [0.1, 0.15) is 22.0 Å². The maximum atomic E-state index is 13.6. The summed E-state index contributed by atoms with van der Waals surface area (Å²) in [5.74, 6) is -0.425. The Balaban J connectivity index is 2.16. The predicted molar refractivity (Wildman–Crippen MR) is 83.1 cm³/mol. The van der Waals surface area contributed by atoms with E-state index in [1.165, 1.54) is 12.3 Å². The van der Waals surface area contributed by atoms with E-state index in [1.807, 2.05) is 0 Å². The normalized spacial score (nSPS) is 16.4. The van der Waals surface area contributed by atoms with Crippen LogP contribution in [0.5, 0.6) is 0 Å². The Kier molecular flexibility index (Phi) is 4.88. The second-order valence-electron chi connectivity index (χ2n) is 4.07. The van der Waals surface area contributed by atoms with Gasteiger partial charge >= 0.3 is 0 Å². The van der Waals surface area contributed by atoms with E-state index in [0.717, 1.165) is 6.08 Å². The second-order valence-corrected chi connectivity index (χ2v) is 4.90.